The second kappa shape index (κ2) is 4.12. The Kier molecular flexibility index (Phi) is 4.18. The molecule has 1 atom stereocenters. The second-order valence-corrected chi connectivity index (χ2v) is 4.69. The van der Waals surface area contributed by atoms with E-state index >= 15 is 0 Å². The van der Waals surface area contributed by atoms with Crippen molar-refractivity contribution >= 4 is 7.60 Å². The molecule has 0 aromatic heterocycles. The van der Waals surface area contributed by atoms with Gasteiger partial charge in [-0.15, -0.1) is 0 Å². The number of hydrogen-bond donors (Lipinski definition) is 0. The third-order valence-corrected chi connectivity index (χ3v) is 3.11. The average Bonchev–Trinajstić information content (AvgIpc) is 1.87. The van der Waals surface area contributed by atoms with Gasteiger partial charge in [-0.3, -0.25) is 4.57 Å². The zero-order valence-corrected chi connectivity index (χ0v) is 7.85. The Morgan fingerprint density at radius 2 is 2.00 bits per heavy atom. The summed E-state index contributed by atoms with van der Waals surface area (Å²) in [6.07, 6.45) is 0.396. The Bertz CT molecular complexity index is 125. The van der Waals surface area contributed by atoms with Crippen LogP contribution in [0.15, 0.2) is 0 Å². The highest BCUT2D eigenvalue weighted by Crippen LogP contribution is 2.47. The molecule has 62 valence electrons. The van der Waals surface area contributed by atoms with Crippen LogP contribution in [0.4, 0.5) is 0 Å². The van der Waals surface area contributed by atoms with Gasteiger partial charge in [-0.2, -0.15) is 0 Å². The maximum Gasteiger partial charge on any atom is 0.330 e. The minimum Gasteiger partial charge on any atom is -0.312 e. The molecule has 10 heavy (non-hydrogen) atoms. The van der Waals surface area contributed by atoms with Gasteiger partial charge in [0, 0.05) is 13.3 Å². The molecule has 0 bridgehead atoms. The molecule has 0 N–H and O–H groups in total. The molecular formula is C6H15O3P. The van der Waals surface area contributed by atoms with Crippen LogP contribution in [0.3, 0.4) is 0 Å². The number of rotatable bonds is 4. The van der Waals surface area contributed by atoms with E-state index < -0.39 is 7.60 Å². The molecule has 0 amide bonds. The highest BCUT2D eigenvalue weighted by atomic mass is 31.2. The van der Waals surface area contributed by atoms with Crippen molar-refractivity contribution in [1.82, 2.24) is 0 Å². The fraction of sp³-hybridized carbons (Fsp3) is 1.00. The van der Waals surface area contributed by atoms with Crippen LogP contribution < -0.4 is 0 Å². The van der Waals surface area contributed by atoms with Gasteiger partial charge in [0.15, 0.2) is 0 Å². The zero-order chi connectivity index (χ0) is 8.20. The quantitative estimate of drug-likeness (QED) is 0.601. The van der Waals surface area contributed by atoms with E-state index in [-0.39, 0.29) is 6.10 Å². The van der Waals surface area contributed by atoms with Gasteiger partial charge in [0.2, 0.25) is 0 Å². The molecule has 0 aromatic rings. The van der Waals surface area contributed by atoms with Crippen LogP contribution in [0, 0.1) is 0 Å². The maximum atomic E-state index is 11.3. The summed E-state index contributed by atoms with van der Waals surface area (Å²) in [5.41, 5.74) is 0. The predicted molar refractivity (Wildman–Crippen MR) is 41.4 cm³/mol. The highest BCUT2D eigenvalue weighted by molar-refractivity contribution is 7.53. The van der Waals surface area contributed by atoms with Crippen LogP contribution in [0.25, 0.3) is 0 Å². The molecule has 4 heteroatoms. The average molecular weight is 166 g/mol. The molecule has 0 radical (unpaired) electrons. The largest absolute Gasteiger partial charge is 0.330 e. The van der Waals surface area contributed by atoms with Crippen LogP contribution in [0.5, 0.6) is 0 Å². The van der Waals surface area contributed by atoms with Gasteiger partial charge in [0.25, 0.3) is 0 Å². The van der Waals surface area contributed by atoms with Crippen LogP contribution in [-0.4, -0.2) is 19.4 Å². The number of hydrogen-bond acceptors (Lipinski definition) is 3. The molecule has 0 heterocycles. The third kappa shape index (κ3) is 3.35. The van der Waals surface area contributed by atoms with Gasteiger partial charge >= 0.3 is 7.60 Å². The molecule has 0 aliphatic heterocycles. The van der Waals surface area contributed by atoms with Gasteiger partial charge in [0.1, 0.15) is 0 Å². The molecule has 0 aliphatic rings. The normalized spacial score (nSPS) is 17.3. The van der Waals surface area contributed by atoms with E-state index in [0.717, 1.165) is 0 Å². The lowest BCUT2D eigenvalue weighted by Gasteiger charge is -2.16. The van der Waals surface area contributed by atoms with Crippen molar-refractivity contribution in [3.05, 3.63) is 0 Å². The lowest BCUT2D eigenvalue weighted by molar-refractivity contribution is 0.188. The SMILES string of the molecule is CCP(=O)(OC)OC(C)C. The molecule has 3 nitrogen and oxygen atoms in total. The van der Waals surface area contributed by atoms with Gasteiger partial charge in [-0.05, 0) is 13.8 Å². The van der Waals surface area contributed by atoms with E-state index in [0.29, 0.717) is 6.16 Å². The molecule has 0 spiro atoms. The molecular weight excluding hydrogens is 151 g/mol. The van der Waals surface area contributed by atoms with Crippen molar-refractivity contribution in [2.45, 2.75) is 26.9 Å². The monoisotopic (exact) mass is 166 g/mol. The van der Waals surface area contributed by atoms with Crippen molar-refractivity contribution in [1.29, 1.82) is 0 Å². The summed E-state index contributed by atoms with van der Waals surface area (Å²) in [6, 6.07) is 0. The molecule has 0 aliphatic carbocycles. The van der Waals surface area contributed by atoms with E-state index in [1.165, 1.54) is 7.11 Å². The molecule has 0 saturated heterocycles. The summed E-state index contributed by atoms with van der Waals surface area (Å²) < 4.78 is 21.1. The first-order valence-corrected chi connectivity index (χ1v) is 5.10. The van der Waals surface area contributed by atoms with E-state index in [9.17, 15) is 4.57 Å². The fourth-order valence-corrected chi connectivity index (χ4v) is 1.70. The topological polar surface area (TPSA) is 35.5 Å². The Balaban J connectivity index is 3.94. The first-order valence-electron chi connectivity index (χ1n) is 3.37. The minimum atomic E-state index is -2.74. The summed E-state index contributed by atoms with van der Waals surface area (Å²) in [5.74, 6) is 0. The van der Waals surface area contributed by atoms with Crippen molar-refractivity contribution in [2.75, 3.05) is 13.3 Å². The van der Waals surface area contributed by atoms with Crippen molar-refractivity contribution in [3.8, 4) is 0 Å². The standard InChI is InChI=1S/C6H15O3P/c1-5-10(7,8-4)9-6(2)3/h6H,5H2,1-4H3. The van der Waals surface area contributed by atoms with Gasteiger partial charge < -0.3 is 9.05 Å². The summed E-state index contributed by atoms with van der Waals surface area (Å²) in [7, 11) is -1.33. The highest BCUT2D eigenvalue weighted by Gasteiger charge is 2.20. The summed E-state index contributed by atoms with van der Waals surface area (Å²) in [4.78, 5) is 0. The molecule has 0 rings (SSSR count). The maximum absolute atomic E-state index is 11.3. The molecule has 0 saturated carbocycles. The molecule has 0 aromatic carbocycles. The lowest BCUT2D eigenvalue weighted by Crippen LogP contribution is -2.02. The van der Waals surface area contributed by atoms with Gasteiger partial charge in [0.05, 0.1) is 6.10 Å². The van der Waals surface area contributed by atoms with E-state index in [4.69, 9.17) is 9.05 Å². The summed E-state index contributed by atoms with van der Waals surface area (Å²) >= 11 is 0. The Hall–Kier alpha value is 0.150. The summed E-state index contributed by atoms with van der Waals surface area (Å²) in [5, 5.41) is 0. The van der Waals surface area contributed by atoms with Crippen LogP contribution in [0.2, 0.25) is 0 Å². The summed E-state index contributed by atoms with van der Waals surface area (Å²) in [6.45, 7) is 5.45. The fourth-order valence-electron chi connectivity index (χ4n) is 0.568. The van der Waals surface area contributed by atoms with Crippen molar-refractivity contribution in [3.63, 3.8) is 0 Å². The Morgan fingerprint density at radius 1 is 1.50 bits per heavy atom. The zero-order valence-electron chi connectivity index (χ0n) is 6.96. The molecule has 0 fully saturated rings. The lowest BCUT2D eigenvalue weighted by atomic mass is 10.5. The predicted octanol–water partition coefficient (Wildman–Crippen LogP) is 2.27. The van der Waals surface area contributed by atoms with E-state index in [1.54, 1.807) is 6.92 Å². The van der Waals surface area contributed by atoms with E-state index in [1.807, 2.05) is 13.8 Å². The van der Waals surface area contributed by atoms with Crippen LogP contribution >= 0.6 is 7.60 Å². The minimum absolute atomic E-state index is 0.0364. The van der Waals surface area contributed by atoms with Crippen molar-refractivity contribution < 1.29 is 13.6 Å². The van der Waals surface area contributed by atoms with Gasteiger partial charge in [-0.25, -0.2) is 0 Å². The smallest absolute Gasteiger partial charge is 0.312 e. The first kappa shape index (κ1) is 10.2. The Morgan fingerprint density at radius 3 is 2.10 bits per heavy atom. The Labute approximate surface area is 62.3 Å². The van der Waals surface area contributed by atoms with Crippen LogP contribution in [0.1, 0.15) is 20.8 Å². The van der Waals surface area contributed by atoms with Crippen LogP contribution in [-0.2, 0) is 13.6 Å². The van der Waals surface area contributed by atoms with Gasteiger partial charge in [-0.1, -0.05) is 6.92 Å². The van der Waals surface area contributed by atoms with Crippen molar-refractivity contribution in [2.24, 2.45) is 0 Å². The molecule has 1 unspecified atom stereocenters. The van der Waals surface area contributed by atoms with E-state index in [2.05, 4.69) is 0 Å². The third-order valence-electron chi connectivity index (χ3n) is 1.04. The first-order chi connectivity index (χ1) is 4.54. The second-order valence-electron chi connectivity index (χ2n) is 2.26.